The molecule has 3 saturated carbocycles. The van der Waals surface area contributed by atoms with E-state index < -0.39 is 5.79 Å². The molecule has 0 spiro atoms. The van der Waals surface area contributed by atoms with Crippen molar-refractivity contribution in [2.24, 2.45) is 40.7 Å². The molecule has 3 aliphatic carbocycles. The summed E-state index contributed by atoms with van der Waals surface area (Å²) >= 11 is 0. The summed E-state index contributed by atoms with van der Waals surface area (Å²) < 4.78 is 5.83. The van der Waals surface area contributed by atoms with Crippen LogP contribution in [0, 0.1) is 35.0 Å². The van der Waals surface area contributed by atoms with Crippen molar-refractivity contribution in [3.8, 4) is 0 Å². The zero-order chi connectivity index (χ0) is 24.9. The third-order valence-electron chi connectivity index (χ3n) is 9.40. The fourth-order valence-corrected chi connectivity index (χ4v) is 6.72. The van der Waals surface area contributed by atoms with Crippen LogP contribution in [0.5, 0.6) is 0 Å². The molecule has 0 aromatic carbocycles. The van der Waals surface area contributed by atoms with Gasteiger partial charge < -0.3 is 15.6 Å². The lowest BCUT2D eigenvalue weighted by Gasteiger charge is -2.44. The van der Waals surface area contributed by atoms with E-state index in [0.717, 1.165) is 29.9 Å². The number of allylic oxidation sites excluding steroid dienone is 6. The number of hydrogen-bond donors (Lipinski definition) is 2. The second-order valence-corrected chi connectivity index (χ2v) is 12.1. The van der Waals surface area contributed by atoms with Crippen LogP contribution in [0.2, 0.25) is 0 Å². The third kappa shape index (κ3) is 6.33. The molecule has 0 radical (unpaired) electrons. The van der Waals surface area contributed by atoms with Gasteiger partial charge >= 0.3 is 0 Å². The Hall–Kier alpha value is -1.16. The molecule has 3 rings (SSSR count). The zero-order valence-corrected chi connectivity index (χ0v) is 22.6. The van der Waals surface area contributed by atoms with Crippen LogP contribution in [0.3, 0.4) is 0 Å². The lowest BCUT2D eigenvalue weighted by Crippen LogP contribution is -2.36. The molecule has 3 fully saturated rings. The van der Waals surface area contributed by atoms with Gasteiger partial charge in [-0.2, -0.15) is 0 Å². The third-order valence-corrected chi connectivity index (χ3v) is 9.40. The SMILES string of the molecule is C=C1CC[C@](O)(OCCCN)CC1=CC=C1CCC[C@@]2(C)C1CC[C@@H]2[C@H](C)C=C[C@H](C)C(C)C. The van der Waals surface area contributed by atoms with Crippen molar-refractivity contribution in [2.45, 2.75) is 98.2 Å². The van der Waals surface area contributed by atoms with Gasteiger partial charge in [0, 0.05) is 12.8 Å². The first-order valence-corrected chi connectivity index (χ1v) is 13.9. The molecule has 34 heavy (non-hydrogen) atoms. The van der Waals surface area contributed by atoms with E-state index >= 15 is 0 Å². The molecule has 192 valence electrons. The Morgan fingerprint density at radius 1 is 1.12 bits per heavy atom. The highest BCUT2D eigenvalue weighted by Crippen LogP contribution is 2.59. The van der Waals surface area contributed by atoms with Crippen LogP contribution >= 0.6 is 0 Å². The maximum atomic E-state index is 11.0. The first-order valence-electron chi connectivity index (χ1n) is 13.9. The Bertz CT molecular complexity index is 793. The molecule has 1 unspecified atom stereocenters. The second-order valence-electron chi connectivity index (χ2n) is 12.1. The standard InChI is InChI=1S/C31H51NO2/c1-22(2)23(3)10-11-25(5)28-14-15-29-26(9-7-17-30(28,29)6)12-13-27-21-31(33,18-16-24(27)4)34-20-8-19-32/h10-13,22-23,25,28-29,33H,4,7-9,14-21,32H2,1-3,5-6H3/t23-,25+,28+,29?,30+,31-/m0/s1. The van der Waals surface area contributed by atoms with Gasteiger partial charge in [-0.15, -0.1) is 0 Å². The molecule has 0 aromatic rings. The smallest absolute Gasteiger partial charge is 0.169 e. The number of aliphatic hydroxyl groups is 1. The Morgan fingerprint density at radius 2 is 1.88 bits per heavy atom. The first kappa shape index (κ1) is 27.4. The van der Waals surface area contributed by atoms with E-state index in [1.165, 1.54) is 32.1 Å². The van der Waals surface area contributed by atoms with Gasteiger partial charge in [-0.1, -0.05) is 76.6 Å². The van der Waals surface area contributed by atoms with Crippen molar-refractivity contribution in [1.82, 2.24) is 0 Å². The highest BCUT2D eigenvalue weighted by molar-refractivity contribution is 5.37. The maximum absolute atomic E-state index is 11.0. The Morgan fingerprint density at radius 3 is 2.59 bits per heavy atom. The van der Waals surface area contributed by atoms with Crippen LogP contribution in [0.4, 0.5) is 0 Å². The minimum absolute atomic E-state index is 0.392. The van der Waals surface area contributed by atoms with E-state index in [4.69, 9.17) is 10.5 Å². The average Bonchev–Trinajstić information content (AvgIpc) is 3.15. The summed E-state index contributed by atoms with van der Waals surface area (Å²) in [5, 5.41) is 11.0. The van der Waals surface area contributed by atoms with Crippen LogP contribution in [-0.2, 0) is 4.74 Å². The van der Waals surface area contributed by atoms with Crippen molar-refractivity contribution >= 4 is 0 Å². The minimum Gasteiger partial charge on any atom is -0.365 e. The van der Waals surface area contributed by atoms with Gasteiger partial charge in [-0.05, 0) is 92.1 Å². The topological polar surface area (TPSA) is 55.5 Å². The number of ether oxygens (including phenoxy) is 1. The summed E-state index contributed by atoms with van der Waals surface area (Å²) in [6.45, 7) is 17.4. The molecule has 0 aromatic heterocycles. The second kappa shape index (κ2) is 11.7. The Kier molecular flexibility index (Phi) is 9.45. The van der Waals surface area contributed by atoms with E-state index in [0.29, 0.717) is 55.1 Å². The van der Waals surface area contributed by atoms with Crippen molar-refractivity contribution in [1.29, 1.82) is 0 Å². The normalized spacial score (nSPS) is 36.5. The highest BCUT2D eigenvalue weighted by Gasteiger charge is 2.50. The van der Waals surface area contributed by atoms with E-state index in [1.807, 2.05) is 0 Å². The molecule has 3 heteroatoms. The zero-order valence-electron chi connectivity index (χ0n) is 22.6. The molecule has 0 saturated heterocycles. The Balaban J connectivity index is 1.73. The highest BCUT2D eigenvalue weighted by atomic mass is 16.6. The van der Waals surface area contributed by atoms with Crippen molar-refractivity contribution in [3.63, 3.8) is 0 Å². The van der Waals surface area contributed by atoms with Crippen molar-refractivity contribution in [3.05, 3.63) is 47.6 Å². The molecule has 0 heterocycles. The average molecular weight is 470 g/mol. The van der Waals surface area contributed by atoms with Gasteiger partial charge in [-0.3, -0.25) is 0 Å². The van der Waals surface area contributed by atoms with E-state index in [2.05, 4.69) is 65.5 Å². The predicted molar refractivity (Wildman–Crippen MR) is 144 cm³/mol. The van der Waals surface area contributed by atoms with Crippen molar-refractivity contribution in [2.75, 3.05) is 13.2 Å². The van der Waals surface area contributed by atoms with Crippen molar-refractivity contribution < 1.29 is 9.84 Å². The summed E-state index contributed by atoms with van der Waals surface area (Å²) in [6, 6.07) is 0. The summed E-state index contributed by atoms with van der Waals surface area (Å²) in [5.41, 5.74) is 9.89. The molecule has 0 aliphatic heterocycles. The quantitative estimate of drug-likeness (QED) is 0.211. The molecular formula is C31H51NO2. The first-order chi connectivity index (χ1) is 16.1. The van der Waals surface area contributed by atoms with E-state index in [-0.39, 0.29) is 0 Å². The van der Waals surface area contributed by atoms with Gasteiger partial charge in [0.1, 0.15) is 0 Å². The fourth-order valence-electron chi connectivity index (χ4n) is 6.72. The summed E-state index contributed by atoms with van der Waals surface area (Å²) in [6.07, 6.45) is 18.8. The maximum Gasteiger partial charge on any atom is 0.169 e. The number of nitrogens with two attached hydrogens (primary N) is 1. The van der Waals surface area contributed by atoms with E-state index in [1.54, 1.807) is 5.57 Å². The summed E-state index contributed by atoms with van der Waals surface area (Å²) in [4.78, 5) is 0. The van der Waals surface area contributed by atoms with Crippen LogP contribution in [-0.4, -0.2) is 24.0 Å². The van der Waals surface area contributed by atoms with Crippen LogP contribution in [0.1, 0.15) is 92.4 Å². The van der Waals surface area contributed by atoms with Gasteiger partial charge in [-0.25, -0.2) is 0 Å². The Labute approximate surface area is 209 Å². The predicted octanol–water partition coefficient (Wildman–Crippen LogP) is 7.33. The number of rotatable bonds is 9. The van der Waals surface area contributed by atoms with Gasteiger partial charge in [0.15, 0.2) is 5.79 Å². The molecule has 0 amide bonds. The van der Waals surface area contributed by atoms with E-state index in [9.17, 15) is 5.11 Å². The molecule has 3 nitrogen and oxygen atoms in total. The van der Waals surface area contributed by atoms with Gasteiger partial charge in [0.2, 0.25) is 0 Å². The van der Waals surface area contributed by atoms with Crippen LogP contribution in [0.25, 0.3) is 0 Å². The molecule has 6 atom stereocenters. The molecule has 3 aliphatic rings. The minimum atomic E-state index is -1.07. The number of fused-ring (bicyclic) bond motifs is 1. The monoisotopic (exact) mass is 469 g/mol. The largest absolute Gasteiger partial charge is 0.365 e. The van der Waals surface area contributed by atoms with Crippen LogP contribution < -0.4 is 5.73 Å². The summed E-state index contributed by atoms with van der Waals surface area (Å²) in [7, 11) is 0. The van der Waals surface area contributed by atoms with Gasteiger partial charge in [0.05, 0.1) is 6.61 Å². The molecule has 3 N–H and O–H groups in total. The van der Waals surface area contributed by atoms with Crippen LogP contribution in [0.15, 0.2) is 47.6 Å². The lowest BCUT2D eigenvalue weighted by atomic mass is 9.61. The van der Waals surface area contributed by atoms with Gasteiger partial charge in [0.25, 0.3) is 0 Å². The number of hydrogen-bond acceptors (Lipinski definition) is 3. The summed E-state index contributed by atoms with van der Waals surface area (Å²) in [5.74, 6) is 2.34. The fraction of sp³-hybridized carbons (Fsp3) is 0.742. The lowest BCUT2D eigenvalue weighted by molar-refractivity contribution is -0.209. The molecular weight excluding hydrogens is 418 g/mol. The molecule has 0 bridgehead atoms.